The number of hydrogen-bond donors (Lipinski definition) is 1. The molecule has 0 saturated carbocycles. The van der Waals surface area contributed by atoms with Crippen molar-refractivity contribution in [1.29, 1.82) is 0 Å². The van der Waals surface area contributed by atoms with E-state index in [0.717, 1.165) is 11.1 Å². The number of carbonyl (C=O) groups excluding carboxylic acids is 1. The number of nitrogens with one attached hydrogen (secondary N) is 1. The maximum Gasteiger partial charge on any atom is 0.241 e. The molecule has 0 saturated heterocycles. The van der Waals surface area contributed by atoms with Crippen molar-refractivity contribution in [2.45, 2.75) is 11.4 Å². The topological polar surface area (TPSA) is 81.1 Å². The lowest BCUT2D eigenvalue weighted by Gasteiger charge is -2.01. The third-order valence-electron chi connectivity index (χ3n) is 2.83. The van der Waals surface area contributed by atoms with Gasteiger partial charge in [0.25, 0.3) is 0 Å². The molecule has 0 fully saturated rings. The minimum atomic E-state index is -3.19. The summed E-state index contributed by atoms with van der Waals surface area (Å²) in [4.78, 5) is 11.5. The predicted molar refractivity (Wildman–Crippen MR) is 74.8 cm³/mol. The predicted octanol–water partition coefficient (Wildman–Crippen LogP) is 0.700. The molecular weight excluding hydrogens is 278 g/mol. The first kappa shape index (κ1) is 14.3. The average Bonchev–Trinajstić information content (AvgIpc) is 2.86. The molecule has 1 aromatic heterocycles. The van der Waals surface area contributed by atoms with E-state index in [1.807, 2.05) is 0 Å². The maximum absolute atomic E-state index is 11.4. The summed E-state index contributed by atoms with van der Waals surface area (Å²) < 4.78 is 24.3. The van der Waals surface area contributed by atoms with Crippen molar-refractivity contribution in [2.75, 3.05) is 13.3 Å². The van der Waals surface area contributed by atoms with Gasteiger partial charge in [0.1, 0.15) is 6.54 Å². The third-order valence-corrected chi connectivity index (χ3v) is 3.96. The lowest BCUT2D eigenvalue weighted by molar-refractivity contribution is -0.121. The second-order valence-corrected chi connectivity index (χ2v) is 6.41. The van der Waals surface area contributed by atoms with E-state index in [9.17, 15) is 13.2 Å². The highest BCUT2D eigenvalue weighted by Crippen LogP contribution is 2.20. The molecule has 1 N–H and O–H groups in total. The van der Waals surface area contributed by atoms with E-state index in [1.165, 1.54) is 10.9 Å². The zero-order valence-electron chi connectivity index (χ0n) is 11.2. The van der Waals surface area contributed by atoms with Crippen LogP contribution in [0, 0.1) is 0 Å². The first-order valence-corrected chi connectivity index (χ1v) is 7.83. The second kappa shape index (κ2) is 5.46. The SMILES string of the molecule is CNC(=O)Cn1cc(-c2ccc(S(C)(=O)=O)cc2)cn1. The molecule has 0 atom stereocenters. The highest BCUT2D eigenvalue weighted by molar-refractivity contribution is 7.90. The van der Waals surface area contributed by atoms with E-state index in [4.69, 9.17) is 0 Å². The molecule has 7 heteroatoms. The van der Waals surface area contributed by atoms with Crippen LogP contribution in [-0.2, 0) is 21.2 Å². The molecule has 6 nitrogen and oxygen atoms in total. The summed E-state index contributed by atoms with van der Waals surface area (Å²) in [6.45, 7) is 0.151. The summed E-state index contributed by atoms with van der Waals surface area (Å²) in [6.07, 6.45) is 4.55. The number of likely N-dealkylation sites (N-methyl/N-ethyl adjacent to an activating group) is 1. The van der Waals surface area contributed by atoms with Gasteiger partial charge in [-0.2, -0.15) is 5.10 Å². The fourth-order valence-electron chi connectivity index (χ4n) is 1.72. The largest absolute Gasteiger partial charge is 0.358 e. The molecule has 0 aliphatic heterocycles. The minimum Gasteiger partial charge on any atom is -0.358 e. The highest BCUT2D eigenvalue weighted by atomic mass is 32.2. The summed E-state index contributed by atoms with van der Waals surface area (Å²) in [5.41, 5.74) is 1.68. The molecule has 1 amide bonds. The van der Waals surface area contributed by atoms with Crippen molar-refractivity contribution < 1.29 is 13.2 Å². The molecule has 1 aromatic carbocycles. The van der Waals surface area contributed by atoms with Crippen LogP contribution in [-0.4, -0.2) is 37.4 Å². The van der Waals surface area contributed by atoms with Gasteiger partial charge in [0, 0.05) is 25.1 Å². The van der Waals surface area contributed by atoms with Gasteiger partial charge in [-0.25, -0.2) is 8.42 Å². The number of amides is 1. The van der Waals surface area contributed by atoms with Gasteiger partial charge in [0.15, 0.2) is 9.84 Å². The Bertz CT molecular complexity index is 718. The van der Waals surface area contributed by atoms with Crippen LogP contribution in [0.15, 0.2) is 41.6 Å². The smallest absolute Gasteiger partial charge is 0.241 e. The van der Waals surface area contributed by atoms with Gasteiger partial charge in [-0.3, -0.25) is 9.48 Å². The Balaban J connectivity index is 2.22. The van der Waals surface area contributed by atoms with Crippen molar-refractivity contribution in [3.8, 4) is 11.1 Å². The quantitative estimate of drug-likeness (QED) is 0.899. The Morgan fingerprint density at radius 2 is 1.90 bits per heavy atom. The standard InChI is InChI=1S/C13H15N3O3S/c1-14-13(17)9-16-8-11(7-15-16)10-3-5-12(6-4-10)20(2,18)19/h3-8H,9H2,1-2H3,(H,14,17). The fraction of sp³-hybridized carbons (Fsp3) is 0.231. The number of benzene rings is 1. The summed E-state index contributed by atoms with van der Waals surface area (Å²) in [7, 11) is -1.62. The first-order chi connectivity index (χ1) is 9.40. The van der Waals surface area contributed by atoms with Crippen LogP contribution in [0.25, 0.3) is 11.1 Å². The molecular formula is C13H15N3O3S. The summed E-state index contributed by atoms with van der Waals surface area (Å²) >= 11 is 0. The molecule has 0 bridgehead atoms. The van der Waals surface area contributed by atoms with Crippen LogP contribution in [0.4, 0.5) is 0 Å². The van der Waals surface area contributed by atoms with Crippen LogP contribution in [0.1, 0.15) is 0 Å². The number of sulfone groups is 1. The Morgan fingerprint density at radius 1 is 1.25 bits per heavy atom. The molecule has 1 heterocycles. The van der Waals surface area contributed by atoms with Crippen LogP contribution < -0.4 is 5.32 Å². The molecule has 0 aliphatic rings. The van der Waals surface area contributed by atoms with Crippen LogP contribution >= 0.6 is 0 Å². The lowest BCUT2D eigenvalue weighted by atomic mass is 10.1. The van der Waals surface area contributed by atoms with Gasteiger partial charge in [-0.1, -0.05) is 12.1 Å². The number of aromatic nitrogens is 2. The van der Waals surface area contributed by atoms with Crippen LogP contribution in [0.5, 0.6) is 0 Å². The molecule has 0 spiro atoms. The van der Waals surface area contributed by atoms with Gasteiger partial charge in [0.05, 0.1) is 11.1 Å². The lowest BCUT2D eigenvalue weighted by Crippen LogP contribution is -2.23. The van der Waals surface area contributed by atoms with E-state index in [0.29, 0.717) is 0 Å². The average molecular weight is 293 g/mol. The summed E-state index contributed by atoms with van der Waals surface area (Å²) in [6, 6.07) is 6.55. The first-order valence-electron chi connectivity index (χ1n) is 5.93. The number of rotatable bonds is 4. The highest BCUT2D eigenvalue weighted by Gasteiger charge is 2.08. The van der Waals surface area contributed by atoms with E-state index in [1.54, 1.807) is 43.7 Å². The van der Waals surface area contributed by atoms with E-state index in [-0.39, 0.29) is 17.3 Å². The molecule has 2 aromatic rings. The second-order valence-electron chi connectivity index (χ2n) is 4.40. The number of hydrogen-bond acceptors (Lipinski definition) is 4. The van der Waals surface area contributed by atoms with E-state index in [2.05, 4.69) is 10.4 Å². The number of nitrogens with zero attached hydrogens (tertiary/aromatic N) is 2. The van der Waals surface area contributed by atoms with Crippen molar-refractivity contribution >= 4 is 15.7 Å². The van der Waals surface area contributed by atoms with Crippen molar-refractivity contribution in [1.82, 2.24) is 15.1 Å². The molecule has 0 aliphatic carbocycles. The molecule has 20 heavy (non-hydrogen) atoms. The number of carbonyl (C=O) groups is 1. The van der Waals surface area contributed by atoms with Gasteiger partial charge in [-0.05, 0) is 17.7 Å². The fourth-order valence-corrected chi connectivity index (χ4v) is 2.35. The zero-order valence-corrected chi connectivity index (χ0v) is 12.0. The van der Waals surface area contributed by atoms with Gasteiger partial charge in [0.2, 0.25) is 5.91 Å². The van der Waals surface area contributed by atoms with Gasteiger partial charge in [-0.15, -0.1) is 0 Å². The van der Waals surface area contributed by atoms with Gasteiger partial charge < -0.3 is 5.32 Å². The molecule has 2 rings (SSSR count). The van der Waals surface area contributed by atoms with E-state index >= 15 is 0 Å². The van der Waals surface area contributed by atoms with E-state index < -0.39 is 9.84 Å². The van der Waals surface area contributed by atoms with Crippen molar-refractivity contribution in [2.24, 2.45) is 0 Å². The monoisotopic (exact) mass is 293 g/mol. The van der Waals surface area contributed by atoms with Crippen molar-refractivity contribution in [3.63, 3.8) is 0 Å². The van der Waals surface area contributed by atoms with Gasteiger partial charge >= 0.3 is 0 Å². The van der Waals surface area contributed by atoms with Crippen LogP contribution in [0.3, 0.4) is 0 Å². The Labute approximate surface area is 117 Å². The zero-order chi connectivity index (χ0) is 14.8. The minimum absolute atomic E-state index is 0.132. The molecule has 106 valence electrons. The maximum atomic E-state index is 11.4. The molecule has 0 radical (unpaired) electrons. The summed E-state index contributed by atoms with van der Waals surface area (Å²) in [5, 5.41) is 6.61. The Hall–Kier alpha value is -2.15. The van der Waals surface area contributed by atoms with Crippen molar-refractivity contribution in [3.05, 3.63) is 36.7 Å². The normalized spacial score (nSPS) is 11.3. The summed E-state index contributed by atoms with van der Waals surface area (Å²) in [5.74, 6) is -0.132. The molecule has 0 unspecified atom stereocenters. The Morgan fingerprint density at radius 3 is 2.45 bits per heavy atom. The van der Waals surface area contributed by atoms with Crippen LogP contribution in [0.2, 0.25) is 0 Å². The third kappa shape index (κ3) is 3.24. The Kier molecular flexibility index (Phi) is 3.89.